The van der Waals surface area contributed by atoms with Crippen molar-refractivity contribution >= 4 is 21.9 Å². The third-order valence-electron chi connectivity index (χ3n) is 4.07. The predicted octanol–water partition coefficient (Wildman–Crippen LogP) is 4.24. The van der Waals surface area contributed by atoms with Crippen LogP contribution in [-0.2, 0) is 0 Å². The minimum atomic E-state index is 0.317. The molecule has 1 aliphatic carbocycles. The Morgan fingerprint density at radius 2 is 1.86 bits per heavy atom. The Labute approximate surface area is 133 Å². The van der Waals surface area contributed by atoms with E-state index < -0.39 is 0 Å². The Kier molecular flexibility index (Phi) is 4.19. The summed E-state index contributed by atoms with van der Waals surface area (Å²) in [5.41, 5.74) is 8.06. The molecule has 0 bridgehead atoms. The molecule has 0 unspecified atom stereocenters. The van der Waals surface area contributed by atoms with Crippen molar-refractivity contribution in [3.63, 3.8) is 0 Å². The van der Waals surface area contributed by atoms with E-state index in [4.69, 9.17) is 5.73 Å². The highest BCUT2D eigenvalue weighted by Gasteiger charge is 2.20. The number of rotatable bonds is 2. The maximum absolute atomic E-state index is 5.90. The number of hydrogen-bond donors (Lipinski definition) is 1. The van der Waals surface area contributed by atoms with Crippen LogP contribution in [0.4, 0.5) is 5.95 Å². The predicted molar refractivity (Wildman–Crippen MR) is 87.9 cm³/mol. The number of nitrogens with zero attached hydrogens (tertiary/aromatic N) is 3. The Hall–Kier alpha value is -1.49. The largest absolute Gasteiger partial charge is 0.368 e. The average molecular weight is 347 g/mol. The van der Waals surface area contributed by atoms with E-state index in [1.165, 1.54) is 24.8 Å². The van der Waals surface area contributed by atoms with E-state index >= 15 is 0 Å². The molecule has 1 saturated carbocycles. The van der Waals surface area contributed by atoms with Crippen molar-refractivity contribution in [2.24, 2.45) is 0 Å². The summed E-state index contributed by atoms with van der Waals surface area (Å²) in [7, 11) is 0. The number of anilines is 1. The zero-order valence-corrected chi connectivity index (χ0v) is 13.7. The van der Waals surface area contributed by atoms with E-state index in [0.717, 1.165) is 28.7 Å². The van der Waals surface area contributed by atoms with Gasteiger partial charge in [-0.2, -0.15) is 9.97 Å². The second-order valence-electron chi connectivity index (χ2n) is 5.67. The molecule has 0 radical (unpaired) electrons. The van der Waals surface area contributed by atoms with Crippen molar-refractivity contribution in [3.8, 4) is 11.4 Å². The van der Waals surface area contributed by atoms with Crippen LogP contribution < -0.4 is 5.73 Å². The second kappa shape index (κ2) is 6.10. The van der Waals surface area contributed by atoms with Crippen molar-refractivity contribution in [1.82, 2.24) is 15.0 Å². The van der Waals surface area contributed by atoms with E-state index in [-0.39, 0.29) is 0 Å². The molecule has 4 nitrogen and oxygen atoms in total. The molecular formula is C16H19BrN4. The topological polar surface area (TPSA) is 64.7 Å². The summed E-state index contributed by atoms with van der Waals surface area (Å²) in [6, 6.07) is 6.12. The van der Waals surface area contributed by atoms with Crippen molar-refractivity contribution < 1.29 is 0 Å². The molecule has 0 amide bonds. The van der Waals surface area contributed by atoms with Gasteiger partial charge in [-0.05, 0) is 31.4 Å². The van der Waals surface area contributed by atoms with Crippen molar-refractivity contribution in [1.29, 1.82) is 0 Å². The fourth-order valence-electron chi connectivity index (χ4n) is 2.81. The highest BCUT2D eigenvalue weighted by Crippen LogP contribution is 2.32. The zero-order valence-electron chi connectivity index (χ0n) is 12.1. The first-order valence-corrected chi connectivity index (χ1v) is 8.21. The minimum absolute atomic E-state index is 0.317. The molecule has 0 aliphatic heterocycles. The lowest BCUT2D eigenvalue weighted by Crippen LogP contribution is -2.12. The van der Waals surface area contributed by atoms with Gasteiger partial charge in [-0.3, -0.25) is 0 Å². The SMILES string of the molecule is Cc1ccc(-c2nc(N)nc(C3CCCCC3)n2)cc1Br. The molecule has 5 heteroatoms. The Morgan fingerprint density at radius 3 is 2.57 bits per heavy atom. The summed E-state index contributed by atoms with van der Waals surface area (Å²) in [4.78, 5) is 13.3. The monoisotopic (exact) mass is 346 g/mol. The van der Waals surface area contributed by atoms with Crippen molar-refractivity contribution in [2.75, 3.05) is 5.73 Å². The van der Waals surface area contributed by atoms with E-state index in [9.17, 15) is 0 Å². The maximum Gasteiger partial charge on any atom is 0.223 e. The first kappa shape index (κ1) is 14.4. The third-order valence-corrected chi connectivity index (χ3v) is 4.92. The normalized spacial score (nSPS) is 16.1. The van der Waals surface area contributed by atoms with E-state index in [2.05, 4.69) is 43.9 Å². The lowest BCUT2D eigenvalue weighted by atomic mass is 9.89. The van der Waals surface area contributed by atoms with Crippen LogP contribution in [0.5, 0.6) is 0 Å². The van der Waals surface area contributed by atoms with Crippen molar-refractivity contribution in [3.05, 3.63) is 34.1 Å². The molecule has 1 aromatic heterocycles. The Morgan fingerprint density at radius 1 is 1.10 bits per heavy atom. The summed E-state index contributed by atoms with van der Waals surface area (Å²) in [5, 5.41) is 0. The zero-order chi connectivity index (χ0) is 14.8. The number of hydrogen-bond acceptors (Lipinski definition) is 4. The lowest BCUT2D eigenvalue weighted by molar-refractivity contribution is 0.428. The molecule has 1 heterocycles. The van der Waals surface area contributed by atoms with Gasteiger partial charge >= 0.3 is 0 Å². The average Bonchev–Trinajstić information content (AvgIpc) is 2.50. The number of aryl methyl sites for hydroxylation is 1. The summed E-state index contributed by atoms with van der Waals surface area (Å²) >= 11 is 3.55. The van der Waals surface area contributed by atoms with Crippen LogP contribution in [0, 0.1) is 6.92 Å². The Balaban J connectivity index is 1.98. The maximum atomic E-state index is 5.90. The van der Waals surface area contributed by atoms with E-state index in [0.29, 0.717) is 17.7 Å². The molecule has 2 aromatic rings. The summed E-state index contributed by atoms with van der Waals surface area (Å²) in [6.45, 7) is 2.06. The number of nitrogen functional groups attached to an aromatic ring is 1. The van der Waals surface area contributed by atoms with Gasteiger partial charge in [0.25, 0.3) is 0 Å². The summed E-state index contributed by atoms with van der Waals surface area (Å²) in [5.74, 6) is 2.27. The van der Waals surface area contributed by atoms with Gasteiger partial charge in [-0.1, -0.05) is 47.3 Å². The van der Waals surface area contributed by atoms with E-state index in [1.54, 1.807) is 0 Å². The summed E-state index contributed by atoms with van der Waals surface area (Å²) < 4.78 is 1.05. The van der Waals surface area contributed by atoms with Gasteiger partial charge in [0.1, 0.15) is 5.82 Å². The summed E-state index contributed by atoms with van der Waals surface area (Å²) in [6.07, 6.45) is 6.12. The van der Waals surface area contributed by atoms with Crippen LogP contribution in [0.3, 0.4) is 0 Å². The fraction of sp³-hybridized carbons (Fsp3) is 0.438. The third kappa shape index (κ3) is 3.23. The molecule has 110 valence electrons. The second-order valence-corrected chi connectivity index (χ2v) is 6.53. The number of nitrogens with two attached hydrogens (primary N) is 1. The van der Waals surface area contributed by atoms with Gasteiger partial charge in [-0.25, -0.2) is 4.98 Å². The smallest absolute Gasteiger partial charge is 0.223 e. The first-order chi connectivity index (χ1) is 10.1. The quantitative estimate of drug-likeness (QED) is 0.883. The van der Waals surface area contributed by atoms with E-state index in [1.807, 2.05) is 12.1 Å². The molecule has 1 aromatic carbocycles. The van der Waals surface area contributed by atoms with Crippen LogP contribution in [0.25, 0.3) is 11.4 Å². The molecule has 3 rings (SSSR count). The highest BCUT2D eigenvalue weighted by atomic mass is 79.9. The van der Waals surface area contributed by atoms with Gasteiger partial charge in [0, 0.05) is 16.0 Å². The Bertz CT molecular complexity index is 651. The van der Waals surface area contributed by atoms with Crippen LogP contribution in [0.15, 0.2) is 22.7 Å². The molecule has 0 atom stereocenters. The van der Waals surface area contributed by atoms with Gasteiger partial charge in [0.15, 0.2) is 5.82 Å². The highest BCUT2D eigenvalue weighted by molar-refractivity contribution is 9.10. The molecule has 21 heavy (non-hydrogen) atoms. The van der Waals surface area contributed by atoms with Crippen molar-refractivity contribution in [2.45, 2.75) is 44.9 Å². The molecule has 0 saturated heterocycles. The number of benzene rings is 1. The molecule has 0 spiro atoms. The minimum Gasteiger partial charge on any atom is -0.368 e. The number of halogens is 1. The van der Waals surface area contributed by atoms with Gasteiger partial charge in [-0.15, -0.1) is 0 Å². The molecule has 1 aliphatic rings. The van der Waals surface area contributed by atoms with Gasteiger partial charge in [0.05, 0.1) is 0 Å². The molecular weight excluding hydrogens is 328 g/mol. The van der Waals surface area contributed by atoms with Gasteiger partial charge in [0.2, 0.25) is 5.95 Å². The van der Waals surface area contributed by atoms with Crippen LogP contribution >= 0.6 is 15.9 Å². The standard InChI is InChI=1S/C16H19BrN4/c1-10-7-8-12(9-13(10)17)15-19-14(20-16(18)21-15)11-5-3-2-4-6-11/h7-9,11H,2-6H2,1H3,(H2,18,19,20,21). The van der Waals surface area contributed by atoms with Crippen LogP contribution in [0.1, 0.15) is 49.4 Å². The number of aromatic nitrogens is 3. The van der Waals surface area contributed by atoms with Crippen LogP contribution in [0.2, 0.25) is 0 Å². The fourth-order valence-corrected chi connectivity index (χ4v) is 3.19. The first-order valence-electron chi connectivity index (χ1n) is 7.41. The molecule has 1 fully saturated rings. The van der Waals surface area contributed by atoms with Crippen LogP contribution in [-0.4, -0.2) is 15.0 Å². The lowest BCUT2D eigenvalue weighted by Gasteiger charge is -2.20. The van der Waals surface area contributed by atoms with Gasteiger partial charge < -0.3 is 5.73 Å². The molecule has 2 N–H and O–H groups in total.